The summed E-state index contributed by atoms with van der Waals surface area (Å²) in [6.45, 7) is 40.1. The molecule has 0 aliphatic carbocycles. The van der Waals surface area contributed by atoms with Crippen molar-refractivity contribution >= 4 is 42.3 Å². The summed E-state index contributed by atoms with van der Waals surface area (Å²) >= 11 is 0. The first-order chi connectivity index (χ1) is 38.9. The van der Waals surface area contributed by atoms with Gasteiger partial charge in [0.05, 0.1) is 41.0 Å². The number of hydrogen-bond acceptors (Lipinski definition) is 12. The topological polar surface area (TPSA) is 205 Å². The van der Waals surface area contributed by atoms with E-state index in [4.69, 9.17) is 9.47 Å². The number of aliphatic hydroxyl groups is 2. The minimum Gasteiger partial charge on any atom is -0.443 e. The molecule has 0 spiro atoms. The molecule has 2 N–H and O–H groups in total. The second kappa shape index (κ2) is 26.5. The molecule has 85 heavy (non-hydrogen) atoms. The molecule has 0 saturated carbocycles. The third-order valence-electron chi connectivity index (χ3n) is 15.9. The number of carbonyl (C=O) groups excluding carboxylic acids is 2. The van der Waals surface area contributed by atoms with Crippen LogP contribution in [0.4, 0.5) is 9.59 Å². The lowest BCUT2D eigenvalue weighted by molar-refractivity contribution is 0.0366. The Morgan fingerprint density at radius 2 is 0.659 bits per heavy atom. The molecular formula is C67H101N3O12S3. The Morgan fingerprint density at radius 3 is 0.859 bits per heavy atom. The molecule has 18 heteroatoms. The smallest absolute Gasteiger partial charge is 0.424 e. The number of rotatable bonds is 21. The summed E-state index contributed by atoms with van der Waals surface area (Å²) in [5.41, 5.74) is 3.42. The van der Waals surface area contributed by atoms with E-state index in [1.807, 2.05) is 161 Å². The minimum absolute atomic E-state index is 0.00288. The molecule has 474 valence electrons. The van der Waals surface area contributed by atoms with Crippen LogP contribution in [0.5, 0.6) is 0 Å². The fraction of sp³-hybridized carbons (Fsp3) is 0.612. The molecule has 1 heterocycles. The van der Waals surface area contributed by atoms with Crippen LogP contribution in [0.25, 0.3) is 0 Å². The highest BCUT2D eigenvalue weighted by molar-refractivity contribution is 7.90. The zero-order valence-corrected chi connectivity index (χ0v) is 57.9. The number of aliphatic hydroxyl groups excluding tert-OH is 2. The number of hydrogen-bond donors (Lipinski definition) is 2. The Morgan fingerprint density at radius 1 is 0.424 bits per heavy atom. The molecule has 0 unspecified atom stereocenters. The SMILES string of the molecule is CC(C)c1cc(C(C)C)c(S(=O)(=O)N2Cc3c(c(CN(C(=O)OC(C)(C)C)S(=O)(=O)c4c(C(C)C)cc(C(C)C)cc4C(C)C)c(CO)c(CO)c3CN(C(=O)OC(C)(C)C)S(=O)(=O)c3c(C(C)C)cc(C(C)C)cc3C(C)C)C2)c(C(C)C)c1. The first kappa shape index (κ1) is 70.9. The first-order valence-corrected chi connectivity index (χ1v) is 34.6. The largest absolute Gasteiger partial charge is 0.443 e. The van der Waals surface area contributed by atoms with Crippen LogP contribution in [0.15, 0.2) is 51.1 Å². The zero-order chi connectivity index (χ0) is 64.9. The average molecular weight is 1240 g/mol. The number of fused-ring (bicyclic) bond motifs is 1. The van der Waals surface area contributed by atoms with Gasteiger partial charge in [-0.3, -0.25) is 0 Å². The Labute approximate surface area is 511 Å². The summed E-state index contributed by atoms with van der Waals surface area (Å²) in [7, 11) is -14.5. The van der Waals surface area contributed by atoms with Crippen molar-refractivity contribution in [2.75, 3.05) is 0 Å². The van der Waals surface area contributed by atoms with Gasteiger partial charge in [0.1, 0.15) is 11.2 Å². The van der Waals surface area contributed by atoms with Crippen molar-refractivity contribution in [3.8, 4) is 0 Å². The standard InChI is InChI=1S/C67H101N3O12S3/c1-37(2)46-25-49(40(7)8)61(50(26-46)41(9)10)83(75,76)68-31-55-56(32-68)58(34-70(65(74)82-67(22,23)24)85(79,80)63-53(44(15)16)29-48(39(5)6)30-54(63)45(17)18)60(36-72)59(35-71)57(55)33-69(64(73)81-66(19,20)21)84(77,78)62-51(42(11)12)27-47(38(3)4)28-52(62)43(13)14/h25-30,37-45,71-72H,31-36H2,1-24H3. The van der Waals surface area contributed by atoms with Crippen molar-refractivity contribution in [3.05, 3.63) is 120 Å². The maximum Gasteiger partial charge on any atom is 0.424 e. The van der Waals surface area contributed by atoms with Gasteiger partial charge in [0.25, 0.3) is 20.0 Å². The number of nitrogens with zero attached hydrogens (tertiary/aromatic N) is 3. The van der Waals surface area contributed by atoms with E-state index in [9.17, 15) is 10.2 Å². The van der Waals surface area contributed by atoms with Gasteiger partial charge in [0.15, 0.2) is 0 Å². The molecule has 0 fully saturated rings. The monoisotopic (exact) mass is 1240 g/mol. The van der Waals surface area contributed by atoms with Crippen LogP contribution in [0.3, 0.4) is 0 Å². The van der Waals surface area contributed by atoms with E-state index in [0.29, 0.717) is 42.0 Å². The summed E-state index contributed by atoms with van der Waals surface area (Å²) in [4.78, 5) is 30.1. The van der Waals surface area contributed by atoms with Gasteiger partial charge in [-0.15, -0.1) is 0 Å². The first-order valence-electron chi connectivity index (χ1n) is 30.3. The van der Waals surface area contributed by atoms with Gasteiger partial charge in [-0.2, -0.15) is 12.9 Å². The lowest BCUT2D eigenvalue weighted by atomic mass is 9.87. The van der Waals surface area contributed by atoms with Crippen molar-refractivity contribution in [1.29, 1.82) is 0 Å². The van der Waals surface area contributed by atoms with E-state index < -0.39 is 92.9 Å². The number of sulfonamides is 3. The van der Waals surface area contributed by atoms with Gasteiger partial charge < -0.3 is 19.7 Å². The number of benzene rings is 4. The van der Waals surface area contributed by atoms with Crippen LogP contribution in [-0.2, 0) is 78.9 Å². The number of amides is 2. The third kappa shape index (κ3) is 15.0. The van der Waals surface area contributed by atoms with Crippen LogP contribution in [0.2, 0.25) is 0 Å². The van der Waals surface area contributed by atoms with E-state index in [1.54, 1.807) is 41.5 Å². The molecule has 15 nitrogen and oxygen atoms in total. The molecule has 0 bridgehead atoms. The fourth-order valence-corrected chi connectivity index (χ4v) is 17.1. The molecular weight excluding hydrogens is 1130 g/mol. The van der Waals surface area contributed by atoms with Gasteiger partial charge in [-0.25, -0.2) is 34.8 Å². The highest BCUT2D eigenvalue weighted by Gasteiger charge is 2.45. The Kier molecular flexibility index (Phi) is 22.1. The van der Waals surface area contributed by atoms with E-state index in [0.717, 1.165) is 16.7 Å². The second-order valence-corrected chi connectivity index (χ2v) is 33.4. The van der Waals surface area contributed by atoms with Crippen LogP contribution in [-0.4, -0.2) is 71.8 Å². The van der Waals surface area contributed by atoms with Crippen molar-refractivity contribution in [1.82, 2.24) is 12.9 Å². The molecule has 2 amide bonds. The van der Waals surface area contributed by atoms with E-state index >= 15 is 34.8 Å². The molecule has 0 atom stereocenters. The predicted molar refractivity (Wildman–Crippen MR) is 339 cm³/mol. The zero-order valence-electron chi connectivity index (χ0n) is 55.4. The van der Waals surface area contributed by atoms with Crippen LogP contribution in [0, 0.1) is 0 Å². The van der Waals surface area contributed by atoms with Gasteiger partial charge in [-0.05, 0) is 178 Å². The second-order valence-electron chi connectivity index (χ2n) is 27.9. The maximum absolute atomic E-state index is 16.1. The molecule has 0 saturated heterocycles. The average Bonchev–Trinajstić information content (AvgIpc) is 1.92. The number of ether oxygens (including phenoxy) is 2. The minimum atomic E-state index is -4.96. The molecule has 0 radical (unpaired) electrons. The van der Waals surface area contributed by atoms with Crippen LogP contribution < -0.4 is 0 Å². The quantitative estimate of drug-likeness (QED) is 0.0799. The third-order valence-corrected chi connectivity index (χ3v) is 21.5. The maximum atomic E-state index is 16.1. The fourth-order valence-electron chi connectivity index (χ4n) is 11.1. The summed E-state index contributed by atoms with van der Waals surface area (Å²) < 4.78 is 111. The predicted octanol–water partition coefficient (Wildman–Crippen LogP) is 15.7. The highest BCUT2D eigenvalue weighted by atomic mass is 32.2. The van der Waals surface area contributed by atoms with Crippen LogP contribution in [0.1, 0.15) is 303 Å². The summed E-state index contributed by atoms with van der Waals surface area (Å²) in [5.74, 6) is -1.90. The van der Waals surface area contributed by atoms with Crippen LogP contribution >= 0.6 is 0 Å². The van der Waals surface area contributed by atoms with Gasteiger partial charge >= 0.3 is 12.2 Å². The van der Waals surface area contributed by atoms with Crippen molar-refractivity contribution in [3.63, 3.8) is 0 Å². The molecule has 1 aliphatic heterocycles. The Hall–Kier alpha value is -4.85. The summed E-state index contributed by atoms with van der Waals surface area (Å²) in [6, 6.07) is 11.2. The molecule has 0 aromatic heterocycles. The van der Waals surface area contributed by atoms with Gasteiger partial charge in [0.2, 0.25) is 10.0 Å². The Bertz CT molecular complexity index is 3230. The van der Waals surface area contributed by atoms with E-state index in [-0.39, 0.29) is 101 Å². The van der Waals surface area contributed by atoms with E-state index in [2.05, 4.69) is 0 Å². The van der Waals surface area contributed by atoms with Crippen molar-refractivity contribution in [2.45, 2.75) is 285 Å². The molecule has 5 rings (SSSR count). The number of carbonyl (C=O) groups is 2. The highest BCUT2D eigenvalue weighted by Crippen LogP contribution is 2.46. The summed E-state index contributed by atoms with van der Waals surface area (Å²) in [5, 5.41) is 23.8. The summed E-state index contributed by atoms with van der Waals surface area (Å²) in [6.07, 6.45) is -2.50. The van der Waals surface area contributed by atoms with Crippen molar-refractivity contribution < 1.29 is 54.5 Å². The Balaban J connectivity index is 2.03. The normalized spacial score (nSPS) is 14.0. The lowest BCUT2D eigenvalue weighted by Gasteiger charge is -2.33. The van der Waals surface area contributed by atoms with Gasteiger partial charge in [0, 0.05) is 13.1 Å². The molecule has 4 aromatic carbocycles. The molecule has 4 aromatic rings. The van der Waals surface area contributed by atoms with E-state index in [1.165, 1.54) is 4.31 Å². The van der Waals surface area contributed by atoms with Gasteiger partial charge in [-0.1, -0.05) is 161 Å². The molecule has 1 aliphatic rings. The lowest BCUT2D eigenvalue weighted by Crippen LogP contribution is -2.42. The van der Waals surface area contributed by atoms with Crippen molar-refractivity contribution in [2.24, 2.45) is 0 Å².